The van der Waals surface area contributed by atoms with Crippen molar-refractivity contribution in [2.24, 2.45) is 17.8 Å². The summed E-state index contributed by atoms with van der Waals surface area (Å²) in [5.41, 5.74) is 2.52. The van der Waals surface area contributed by atoms with E-state index in [9.17, 15) is 14.7 Å². The number of aliphatic hydroxyl groups excluding tert-OH is 1. The molecule has 2 bridgehead atoms. The summed E-state index contributed by atoms with van der Waals surface area (Å²) in [5.74, 6) is -2.08. The minimum absolute atomic E-state index is 0.0741. The zero-order valence-corrected chi connectivity index (χ0v) is 30.2. The summed E-state index contributed by atoms with van der Waals surface area (Å²) in [6.07, 6.45) is 3.95. The fourth-order valence-corrected chi connectivity index (χ4v) is 11.5. The number of para-hydroxylation sites is 1. The van der Waals surface area contributed by atoms with E-state index in [1.807, 2.05) is 68.4 Å². The highest BCUT2D eigenvalue weighted by atomic mass is 79.9. The molecule has 5 rings (SSSR count). The summed E-state index contributed by atoms with van der Waals surface area (Å²) in [6, 6.07) is 15.9. The van der Waals surface area contributed by atoms with E-state index in [0.29, 0.717) is 18.7 Å². The van der Waals surface area contributed by atoms with Crippen molar-refractivity contribution in [2.45, 2.75) is 61.0 Å². The average molecular weight is 724 g/mol. The number of fused-ring (bicyclic) bond motifs is 1. The normalized spacial score (nSPS) is 26.7. The van der Waals surface area contributed by atoms with Gasteiger partial charge in [0.25, 0.3) is 5.91 Å². The van der Waals surface area contributed by atoms with Crippen LogP contribution in [0.2, 0.25) is 0 Å². The van der Waals surface area contributed by atoms with Gasteiger partial charge < -0.3 is 24.7 Å². The first-order valence-corrected chi connectivity index (χ1v) is 18.4. The number of rotatable bonds is 14. The number of amides is 3. The summed E-state index contributed by atoms with van der Waals surface area (Å²) in [5, 5.41) is 10.5. The molecule has 0 aliphatic carbocycles. The first kappa shape index (κ1) is 35.2. The Kier molecular flexibility index (Phi) is 10.9. The lowest BCUT2D eigenvalue weighted by Crippen LogP contribution is -2.59. The molecular weight excluding hydrogens is 676 g/mol. The lowest BCUT2D eigenvalue weighted by Gasteiger charge is -2.41. The maximum absolute atomic E-state index is 15.1. The van der Waals surface area contributed by atoms with Crippen LogP contribution in [0.4, 0.5) is 17.1 Å². The van der Waals surface area contributed by atoms with Crippen molar-refractivity contribution >= 4 is 62.5 Å². The van der Waals surface area contributed by atoms with E-state index in [0.717, 1.165) is 24.5 Å². The quantitative estimate of drug-likeness (QED) is 0.198. The number of nitrogens with zero attached hydrogens (tertiary/aromatic N) is 4. The number of hydrogen-bond donors (Lipinski definition) is 1. The number of hydrogen-bond acceptors (Lipinski definition) is 6. The van der Waals surface area contributed by atoms with Crippen molar-refractivity contribution in [1.82, 2.24) is 4.90 Å². The van der Waals surface area contributed by atoms with Crippen molar-refractivity contribution < 1.29 is 19.5 Å². The van der Waals surface area contributed by atoms with E-state index < -0.39 is 28.7 Å². The highest BCUT2D eigenvalue weighted by Crippen LogP contribution is 2.68. The minimum atomic E-state index is -0.876. The largest absolute Gasteiger partial charge is 0.394 e. The van der Waals surface area contributed by atoms with Gasteiger partial charge in [-0.05, 0) is 62.6 Å². The van der Waals surface area contributed by atoms with Gasteiger partial charge in [-0.15, -0.1) is 24.9 Å². The Morgan fingerprint density at radius 1 is 0.979 bits per heavy atom. The van der Waals surface area contributed by atoms with Crippen LogP contribution in [0.15, 0.2) is 79.9 Å². The standard InChI is InChI=1S/C37H47BrN4O4S/c1-7-20-40(26-14-12-11-13-15-26)34(44)30-31-35(45)42(29(23-43)24(5)6)33(37(31)22-28(38)32(30)47-37)36(46)41(21-8-2)27-18-16-25(17-19-27)39(9-3)10-4/h7-8,11-19,24,28-33,43H,1-2,9-10,20-23H2,3-6H3/t28?,29-,30+,31-,32+,33?,37?/m0/s1. The van der Waals surface area contributed by atoms with Gasteiger partial charge in [0.2, 0.25) is 11.8 Å². The number of likely N-dealkylation sites (tertiary alicyclic amines) is 1. The molecule has 0 saturated carbocycles. The molecule has 1 N–H and O–H groups in total. The molecule has 0 aromatic heterocycles. The van der Waals surface area contributed by atoms with Crippen LogP contribution in [-0.4, -0.2) is 87.4 Å². The van der Waals surface area contributed by atoms with Crippen molar-refractivity contribution in [2.75, 3.05) is 47.5 Å². The molecule has 1 spiro atoms. The molecule has 8 nitrogen and oxygen atoms in total. The third kappa shape index (κ3) is 6.06. The number of carbonyl (C=O) groups is 3. The lowest BCUT2D eigenvalue weighted by atomic mass is 9.70. The van der Waals surface area contributed by atoms with Crippen molar-refractivity contribution in [1.29, 1.82) is 0 Å². The van der Waals surface area contributed by atoms with E-state index in [2.05, 4.69) is 47.8 Å². The van der Waals surface area contributed by atoms with Gasteiger partial charge in [-0.1, -0.05) is 60.1 Å². The van der Waals surface area contributed by atoms with Crippen LogP contribution in [-0.2, 0) is 14.4 Å². The van der Waals surface area contributed by atoms with Crippen molar-refractivity contribution in [3.63, 3.8) is 0 Å². The topological polar surface area (TPSA) is 84.4 Å². The molecule has 3 aliphatic rings. The second kappa shape index (κ2) is 14.6. The summed E-state index contributed by atoms with van der Waals surface area (Å²) in [7, 11) is 0. The third-order valence-electron chi connectivity index (χ3n) is 10.1. The SMILES string of the molecule is C=CCN(C(=O)C1N([C@@H](CO)C(C)C)C(=O)[C@@H]2[C@@H](C(=O)N(CC=C)c3ccccc3)[C@@H]3SC12CC3Br)c1ccc(N(CC)CC)cc1. The monoisotopic (exact) mass is 722 g/mol. The molecule has 2 aromatic carbocycles. The van der Waals surface area contributed by atoms with Gasteiger partial charge in [-0.25, -0.2) is 0 Å². The van der Waals surface area contributed by atoms with E-state index in [1.165, 1.54) is 0 Å². The Labute approximate surface area is 292 Å². The molecule has 3 saturated heterocycles. The summed E-state index contributed by atoms with van der Waals surface area (Å²) in [6.45, 7) is 18.0. The van der Waals surface area contributed by atoms with E-state index in [-0.39, 0.29) is 46.9 Å². The highest BCUT2D eigenvalue weighted by Gasteiger charge is 2.76. The van der Waals surface area contributed by atoms with Crippen molar-refractivity contribution in [3.05, 3.63) is 79.9 Å². The Hall–Kier alpha value is -3.08. The second-order valence-corrected chi connectivity index (χ2v) is 15.6. The first-order valence-electron chi connectivity index (χ1n) is 16.6. The number of carbonyl (C=O) groups excluding carboxylic acids is 3. The first-order chi connectivity index (χ1) is 22.6. The van der Waals surface area contributed by atoms with E-state index in [1.54, 1.807) is 38.6 Å². The fraction of sp³-hybridized carbons (Fsp3) is 0.486. The maximum Gasteiger partial charge on any atom is 0.251 e. The zero-order chi connectivity index (χ0) is 34.0. The van der Waals surface area contributed by atoms with Crippen LogP contribution in [0.3, 0.4) is 0 Å². The molecule has 47 heavy (non-hydrogen) atoms. The lowest BCUT2D eigenvalue weighted by molar-refractivity contribution is -0.142. The molecule has 252 valence electrons. The fourth-order valence-electron chi connectivity index (χ4n) is 7.88. The Bertz CT molecular complexity index is 1470. The predicted molar refractivity (Wildman–Crippen MR) is 196 cm³/mol. The van der Waals surface area contributed by atoms with Crippen LogP contribution in [0.1, 0.15) is 34.1 Å². The number of anilines is 3. The van der Waals surface area contributed by atoms with Gasteiger partial charge >= 0.3 is 0 Å². The van der Waals surface area contributed by atoms with Gasteiger partial charge in [0, 0.05) is 53.3 Å². The molecule has 3 fully saturated rings. The van der Waals surface area contributed by atoms with Crippen LogP contribution in [0, 0.1) is 17.8 Å². The Morgan fingerprint density at radius 2 is 1.53 bits per heavy atom. The molecule has 0 radical (unpaired) electrons. The third-order valence-corrected chi connectivity index (χ3v) is 13.3. The van der Waals surface area contributed by atoms with Crippen LogP contribution in [0.25, 0.3) is 0 Å². The average Bonchev–Trinajstić information content (AvgIpc) is 3.67. The van der Waals surface area contributed by atoms with Gasteiger partial charge in [-0.3, -0.25) is 14.4 Å². The molecule has 10 heteroatoms. The van der Waals surface area contributed by atoms with E-state index in [4.69, 9.17) is 0 Å². The molecule has 3 aliphatic heterocycles. The maximum atomic E-state index is 15.1. The number of benzene rings is 2. The van der Waals surface area contributed by atoms with Crippen molar-refractivity contribution in [3.8, 4) is 0 Å². The molecule has 3 unspecified atom stereocenters. The Morgan fingerprint density at radius 3 is 2.06 bits per heavy atom. The smallest absolute Gasteiger partial charge is 0.251 e. The Balaban J connectivity index is 1.60. The minimum Gasteiger partial charge on any atom is -0.394 e. The van der Waals surface area contributed by atoms with Gasteiger partial charge in [0.1, 0.15) is 6.04 Å². The summed E-state index contributed by atoms with van der Waals surface area (Å²) < 4.78 is -0.854. The molecule has 2 aromatic rings. The molecular formula is C37H47BrN4O4S. The summed E-state index contributed by atoms with van der Waals surface area (Å²) >= 11 is 5.50. The number of alkyl halides is 1. The molecule has 3 amide bonds. The second-order valence-electron chi connectivity index (χ2n) is 12.9. The van der Waals surface area contributed by atoms with Crippen LogP contribution >= 0.6 is 27.7 Å². The predicted octanol–water partition coefficient (Wildman–Crippen LogP) is 5.75. The van der Waals surface area contributed by atoms with Crippen LogP contribution < -0.4 is 14.7 Å². The summed E-state index contributed by atoms with van der Waals surface area (Å²) in [4.78, 5) is 51.8. The highest BCUT2D eigenvalue weighted by molar-refractivity contribution is 9.09. The van der Waals surface area contributed by atoms with Gasteiger partial charge in [-0.2, -0.15) is 0 Å². The van der Waals surface area contributed by atoms with E-state index >= 15 is 4.79 Å². The molecule has 3 heterocycles. The van der Waals surface area contributed by atoms with Gasteiger partial charge in [0.05, 0.1) is 29.2 Å². The van der Waals surface area contributed by atoms with Gasteiger partial charge in [0.15, 0.2) is 0 Å². The number of aliphatic hydroxyl groups is 1. The molecule has 7 atom stereocenters. The number of halogens is 1. The van der Waals surface area contributed by atoms with Crippen LogP contribution in [0.5, 0.6) is 0 Å². The zero-order valence-electron chi connectivity index (χ0n) is 27.8. The number of thioether (sulfide) groups is 1.